The van der Waals surface area contributed by atoms with Gasteiger partial charge in [-0.15, -0.1) is 23.7 Å². The van der Waals surface area contributed by atoms with Crippen molar-refractivity contribution in [2.75, 3.05) is 24.7 Å². The van der Waals surface area contributed by atoms with E-state index in [1.807, 2.05) is 0 Å². The Morgan fingerprint density at radius 3 is 2.42 bits per heavy atom. The predicted molar refractivity (Wildman–Crippen MR) is 124 cm³/mol. The van der Waals surface area contributed by atoms with Gasteiger partial charge < -0.3 is 10.1 Å². The number of carbonyl (C=O) groups is 2. The molecular weight excluding hydrogens is 460 g/mol. The Balaban J connectivity index is 0.00000341. The zero-order valence-electron chi connectivity index (χ0n) is 17.9. The van der Waals surface area contributed by atoms with Crippen molar-refractivity contribution in [3.8, 4) is 0 Å². The number of thiophene rings is 1. The Kier molecular flexibility index (Phi) is 8.27. The van der Waals surface area contributed by atoms with Gasteiger partial charge in [0.1, 0.15) is 5.00 Å². The first-order valence-corrected chi connectivity index (χ1v) is 12.3. The summed E-state index contributed by atoms with van der Waals surface area (Å²) >= 11 is 1.39. The van der Waals surface area contributed by atoms with Gasteiger partial charge in [-0.05, 0) is 50.1 Å². The Bertz CT molecular complexity index is 1060. The van der Waals surface area contributed by atoms with E-state index in [4.69, 9.17) is 4.74 Å². The molecule has 1 N–H and O–H groups in total. The molecule has 0 atom stereocenters. The molecule has 0 saturated heterocycles. The van der Waals surface area contributed by atoms with Gasteiger partial charge in [0.25, 0.3) is 5.91 Å². The van der Waals surface area contributed by atoms with Gasteiger partial charge in [0.05, 0.1) is 23.3 Å². The van der Waals surface area contributed by atoms with E-state index in [0.29, 0.717) is 28.6 Å². The third-order valence-electron chi connectivity index (χ3n) is 5.29. The lowest BCUT2D eigenvalue weighted by molar-refractivity contribution is 0.0600. The maximum atomic E-state index is 12.8. The SMILES string of the molecule is CCS(=O)(=O)c1ccc(C(=O)Nc2sc3c(c2C(=O)OC)CCN(C(C)C)C3)cc1.Cl. The Hall–Kier alpha value is -1.94. The van der Waals surface area contributed by atoms with Crippen molar-refractivity contribution in [3.63, 3.8) is 0 Å². The second kappa shape index (κ2) is 10.1. The number of halogens is 1. The molecule has 7 nitrogen and oxygen atoms in total. The van der Waals surface area contributed by atoms with Crippen molar-refractivity contribution >= 4 is 50.5 Å². The smallest absolute Gasteiger partial charge is 0.341 e. The minimum absolute atomic E-state index is 0. The quantitative estimate of drug-likeness (QED) is 0.625. The van der Waals surface area contributed by atoms with Gasteiger partial charge in [-0.3, -0.25) is 9.69 Å². The van der Waals surface area contributed by atoms with Crippen LogP contribution in [-0.2, 0) is 27.5 Å². The lowest BCUT2D eigenvalue weighted by atomic mass is 10.0. The summed E-state index contributed by atoms with van der Waals surface area (Å²) in [7, 11) is -2.00. The average Bonchev–Trinajstić information content (AvgIpc) is 3.10. The summed E-state index contributed by atoms with van der Waals surface area (Å²) in [5, 5.41) is 3.29. The fraction of sp³-hybridized carbons (Fsp3) is 0.429. The molecule has 0 aliphatic carbocycles. The third kappa shape index (κ3) is 5.28. The van der Waals surface area contributed by atoms with E-state index in [0.717, 1.165) is 23.5 Å². The number of hydrogen-bond acceptors (Lipinski definition) is 7. The van der Waals surface area contributed by atoms with Gasteiger partial charge in [0.2, 0.25) is 0 Å². The van der Waals surface area contributed by atoms with E-state index < -0.39 is 21.7 Å². The molecule has 1 aromatic carbocycles. The highest BCUT2D eigenvalue weighted by Gasteiger charge is 2.30. The van der Waals surface area contributed by atoms with Crippen LogP contribution in [0, 0.1) is 0 Å². The molecule has 3 rings (SSSR count). The molecule has 170 valence electrons. The fourth-order valence-electron chi connectivity index (χ4n) is 3.43. The highest BCUT2D eigenvalue weighted by molar-refractivity contribution is 7.91. The maximum absolute atomic E-state index is 12.8. The van der Waals surface area contributed by atoms with Crippen LogP contribution in [0.1, 0.15) is 51.9 Å². The second-order valence-corrected chi connectivity index (χ2v) is 10.8. The minimum Gasteiger partial charge on any atom is -0.465 e. The molecule has 2 heterocycles. The summed E-state index contributed by atoms with van der Waals surface area (Å²) in [5.74, 6) is -0.875. The summed E-state index contributed by atoms with van der Waals surface area (Å²) in [4.78, 5) is 28.8. The van der Waals surface area contributed by atoms with E-state index >= 15 is 0 Å². The van der Waals surface area contributed by atoms with Gasteiger partial charge >= 0.3 is 5.97 Å². The molecule has 0 fully saturated rings. The molecule has 1 amide bonds. The molecule has 1 aromatic heterocycles. The van der Waals surface area contributed by atoms with Crippen LogP contribution in [0.25, 0.3) is 0 Å². The van der Waals surface area contributed by atoms with Gasteiger partial charge in [0.15, 0.2) is 9.84 Å². The second-order valence-electron chi connectivity index (χ2n) is 7.40. The number of amides is 1. The number of nitrogens with one attached hydrogen (secondary N) is 1. The summed E-state index contributed by atoms with van der Waals surface area (Å²) in [6.07, 6.45) is 0.716. The van der Waals surface area contributed by atoms with E-state index in [1.54, 1.807) is 6.92 Å². The number of fused-ring (bicyclic) bond motifs is 1. The summed E-state index contributed by atoms with van der Waals surface area (Å²) in [6.45, 7) is 7.40. The van der Waals surface area contributed by atoms with Gasteiger partial charge in [-0.2, -0.15) is 0 Å². The van der Waals surface area contributed by atoms with Gasteiger partial charge in [-0.1, -0.05) is 6.92 Å². The van der Waals surface area contributed by atoms with Crippen LogP contribution in [0.5, 0.6) is 0 Å². The zero-order valence-corrected chi connectivity index (χ0v) is 20.4. The number of methoxy groups -OCH3 is 1. The molecule has 31 heavy (non-hydrogen) atoms. The first-order valence-electron chi connectivity index (χ1n) is 9.79. The van der Waals surface area contributed by atoms with Crippen molar-refractivity contribution in [2.24, 2.45) is 0 Å². The van der Waals surface area contributed by atoms with E-state index in [9.17, 15) is 18.0 Å². The predicted octanol–water partition coefficient (Wildman–Crippen LogP) is 3.77. The molecule has 1 aliphatic rings. The van der Waals surface area contributed by atoms with Crippen LogP contribution in [0.2, 0.25) is 0 Å². The number of ether oxygens (including phenoxy) is 1. The number of rotatable bonds is 6. The summed E-state index contributed by atoms with van der Waals surface area (Å²) < 4.78 is 28.9. The largest absolute Gasteiger partial charge is 0.465 e. The highest BCUT2D eigenvalue weighted by atomic mass is 35.5. The van der Waals surface area contributed by atoms with E-state index in [1.165, 1.54) is 42.7 Å². The van der Waals surface area contributed by atoms with E-state index in [2.05, 4.69) is 24.1 Å². The summed E-state index contributed by atoms with van der Waals surface area (Å²) in [5.41, 5.74) is 1.67. The van der Waals surface area contributed by atoms with Crippen LogP contribution < -0.4 is 5.32 Å². The zero-order chi connectivity index (χ0) is 22.1. The number of hydrogen-bond donors (Lipinski definition) is 1. The topological polar surface area (TPSA) is 92.8 Å². The van der Waals surface area contributed by atoms with Crippen molar-refractivity contribution in [3.05, 3.63) is 45.8 Å². The lowest BCUT2D eigenvalue weighted by Gasteiger charge is -2.30. The van der Waals surface area contributed by atoms with Crippen LogP contribution in [-0.4, -0.2) is 50.6 Å². The normalized spacial score (nSPS) is 14.0. The number of nitrogens with zero attached hydrogens (tertiary/aromatic N) is 1. The van der Waals surface area contributed by atoms with Crippen molar-refractivity contribution in [2.45, 2.75) is 44.7 Å². The van der Waals surface area contributed by atoms with Crippen LogP contribution in [0.4, 0.5) is 5.00 Å². The van der Waals surface area contributed by atoms with Crippen molar-refractivity contribution in [1.29, 1.82) is 0 Å². The first kappa shape index (κ1) is 25.3. The van der Waals surface area contributed by atoms with Gasteiger partial charge in [-0.25, -0.2) is 13.2 Å². The molecule has 2 aromatic rings. The first-order chi connectivity index (χ1) is 14.2. The lowest BCUT2D eigenvalue weighted by Crippen LogP contribution is -2.35. The van der Waals surface area contributed by atoms with Crippen molar-refractivity contribution < 1.29 is 22.7 Å². The number of sulfone groups is 1. The Morgan fingerprint density at radius 1 is 1.23 bits per heavy atom. The number of carbonyl (C=O) groups excluding carboxylic acids is 2. The number of esters is 1. The van der Waals surface area contributed by atoms with Crippen LogP contribution >= 0.6 is 23.7 Å². The molecule has 0 radical (unpaired) electrons. The Labute approximate surface area is 193 Å². The third-order valence-corrected chi connectivity index (χ3v) is 8.17. The van der Waals surface area contributed by atoms with E-state index in [-0.39, 0.29) is 23.1 Å². The minimum atomic E-state index is -3.33. The molecule has 10 heteroatoms. The summed E-state index contributed by atoms with van der Waals surface area (Å²) in [6, 6.07) is 6.19. The molecule has 0 bridgehead atoms. The highest BCUT2D eigenvalue weighted by Crippen LogP contribution is 2.38. The number of anilines is 1. The fourth-order valence-corrected chi connectivity index (χ4v) is 5.57. The maximum Gasteiger partial charge on any atom is 0.341 e. The Morgan fingerprint density at radius 2 is 1.87 bits per heavy atom. The van der Waals surface area contributed by atoms with Crippen molar-refractivity contribution in [1.82, 2.24) is 4.90 Å². The standard InChI is InChI=1S/C21H26N2O5S2.ClH/c1-5-30(26,27)15-8-6-14(7-9-15)19(24)22-20-18(21(25)28-4)16-10-11-23(13(2)3)12-17(16)29-20;/h6-9,13H,5,10-12H2,1-4H3,(H,22,24);1H. The molecule has 0 saturated carbocycles. The van der Waals surface area contributed by atoms with Gasteiger partial charge in [0, 0.05) is 29.6 Å². The van der Waals surface area contributed by atoms with Crippen LogP contribution in [0.15, 0.2) is 29.2 Å². The number of benzene rings is 1. The monoisotopic (exact) mass is 486 g/mol. The molecular formula is C21H27ClN2O5S2. The molecule has 0 unspecified atom stereocenters. The van der Waals surface area contributed by atoms with Crippen LogP contribution in [0.3, 0.4) is 0 Å². The average molecular weight is 487 g/mol. The molecule has 1 aliphatic heterocycles. The molecule has 0 spiro atoms.